The van der Waals surface area contributed by atoms with Crippen molar-refractivity contribution < 1.29 is 9.53 Å². The summed E-state index contributed by atoms with van der Waals surface area (Å²) >= 11 is 0. The number of hydrogen-bond acceptors (Lipinski definition) is 2. The molecule has 1 aliphatic rings. The van der Waals surface area contributed by atoms with Crippen LogP contribution in [0.25, 0.3) is 5.70 Å². The predicted molar refractivity (Wildman–Crippen MR) is 82.8 cm³/mol. The van der Waals surface area contributed by atoms with Gasteiger partial charge in [-0.1, -0.05) is 54.6 Å². The molecular weight excluding hydrogens is 262 g/mol. The summed E-state index contributed by atoms with van der Waals surface area (Å²) in [4.78, 5) is 14.1. The standard InChI is InChI=1S/C18H17NO2/c20-18(21-16-11-5-2-6-12-16)19-14-8-7-13-17(19)15-9-3-1-4-10-15/h1-6,9-13H,7-8,14H2. The number of carbonyl (C=O) groups is 1. The predicted octanol–water partition coefficient (Wildman–Crippen LogP) is 4.32. The molecule has 0 aromatic heterocycles. The summed E-state index contributed by atoms with van der Waals surface area (Å²) in [6.45, 7) is 0.687. The Balaban J connectivity index is 1.81. The zero-order valence-corrected chi connectivity index (χ0v) is 11.7. The van der Waals surface area contributed by atoms with Crippen molar-refractivity contribution in [3.8, 4) is 5.75 Å². The van der Waals surface area contributed by atoms with Crippen molar-refractivity contribution in [2.75, 3.05) is 6.54 Å². The lowest BCUT2D eigenvalue weighted by Gasteiger charge is -2.28. The van der Waals surface area contributed by atoms with Crippen molar-refractivity contribution in [1.82, 2.24) is 4.90 Å². The minimum Gasteiger partial charge on any atom is -0.410 e. The van der Waals surface area contributed by atoms with Gasteiger partial charge >= 0.3 is 6.09 Å². The average molecular weight is 279 g/mol. The number of rotatable bonds is 2. The van der Waals surface area contributed by atoms with Crippen molar-refractivity contribution in [1.29, 1.82) is 0 Å². The van der Waals surface area contributed by atoms with Crippen LogP contribution in [0.3, 0.4) is 0 Å². The van der Waals surface area contributed by atoms with Crippen LogP contribution in [-0.4, -0.2) is 17.5 Å². The smallest absolute Gasteiger partial charge is 0.410 e. The maximum Gasteiger partial charge on any atom is 0.419 e. The van der Waals surface area contributed by atoms with Crippen LogP contribution >= 0.6 is 0 Å². The third-order valence-corrected chi connectivity index (χ3v) is 3.45. The third kappa shape index (κ3) is 3.14. The van der Waals surface area contributed by atoms with Crippen molar-refractivity contribution in [2.24, 2.45) is 0 Å². The molecule has 2 aromatic carbocycles. The van der Waals surface area contributed by atoms with Gasteiger partial charge in [-0.05, 0) is 30.5 Å². The van der Waals surface area contributed by atoms with E-state index in [0.29, 0.717) is 12.3 Å². The lowest BCUT2D eigenvalue weighted by molar-refractivity contribution is 0.171. The lowest BCUT2D eigenvalue weighted by atomic mass is 10.1. The molecule has 106 valence electrons. The Kier molecular flexibility index (Phi) is 4.01. The van der Waals surface area contributed by atoms with Gasteiger partial charge in [-0.25, -0.2) is 4.79 Å². The number of para-hydroxylation sites is 1. The van der Waals surface area contributed by atoms with E-state index in [1.807, 2.05) is 48.5 Å². The number of allylic oxidation sites excluding steroid dienone is 1. The molecule has 0 bridgehead atoms. The topological polar surface area (TPSA) is 29.5 Å². The normalized spacial score (nSPS) is 14.5. The first-order valence-electron chi connectivity index (χ1n) is 7.14. The molecule has 1 heterocycles. The first kappa shape index (κ1) is 13.4. The number of ether oxygens (including phenoxy) is 1. The van der Waals surface area contributed by atoms with Crippen molar-refractivity contribution in [2.45, 2.75) is 12.8 Å². The molecule has 0 N–H and O–H groups in total. The summed E-state index contributed by atoms with van der Waals surface area (Å²) in [6.07, 6.45) is 3.72. The van der Waals surface area contributed by atoms with Crippen LogP contribution in [0.2, 0.25) is 0 Å². The minimum absolute atomic E-state index is 0.323. The number of carbonyl (C=O) groups excluding carboxylic acids is 1. The van der Waals surface area contributed by atoms with Crippen LogP contribution < -0.4 is 4.74 Å². The maximum atomic E-state index is 12.4. The highest BCUT2D eigenvalue weighted by molar-refractivity contribution is 5.83. The van der Waals surface area contributed by atoms with E-state index in [1.54, 1.807) is 17.0 Å². The summed E-state index contributed by atoms with van der Waals surface area (Å²) < 4.78 is 5.45. The largest absolute Gasteiger partial charge is 0.419 e. The van der Waals surface area contributed by atoms with Crippen molar-refractivity contribution in [3.05, 3.63) is 72.3 Å². The van der Waals surface area contributed by atoms with E-state index in [2.05, 4.69) is 6.08 Å². The Labute approximate surface area is 124 Å². The molecule has 0 radical (unpaired) electrons. The highest BCUT2D eigenvalue weighted by atomic mass is 16.6. The molecule has 0 unspecified atom stereocenters. The van der Waals surface area contributed by atoms with E-state index >= 15 is 0 Å². The van der Waals surface area contributed by atoms with Crippen LogP contribution in [0, 0.1) is 0 Å². The highest BCUT2D eigenvalue weighted by Crippen LogP contribution is 2.26. The zero-order chi connectivity index (χ0) is 14.5. The van der Waals surface area contributed by atoms with E-state index < -0.39 is 0 Å². The van der Waals surface area contributed by atoms with Gasteiger partial charge in [-0.15, -0.1) is 0 Å². The van der Waals surface area contributed by atoms with Gasteiger partial charge < -0.3 is 4.74 Å². The van der Waals surface area contributed by atoms with Gasteiger partial charge in [0.25, 0.3) is 0 Å². The third-order valence-electron chi connectivity index (χ3n) is 3.45. The van der Waals surface area contributed by atoms with Gasteiger partial charge in [0, 0.05) is 6.54 Å². The average Bonchev–Trinajstić information content (AvgIpc) is 2.56. The second kappa shape index (κ2) is 6.27. The van der Waals surface area contributed by atoms with Crippen molar-refractivity contribution in [3.63, 3.8) is 0 Å². The zero-order valence-electron chi connectivity index (χ0n) is 11.7. The molecule has 0 aliphatic carbocycles. The minimum atomic E-state index is -0.323. The van der Waals surface area contributed by atoms with Crippen LogP contribution in [0.5, 0.6) is 5.75 Å². The SMILES string of the molecule is O=C(Oc1ccccc1)N1CCCC=C1c1ccccc1. The summed E-state index contributed by atoms with van der Waals surface area (Å²) in [6, 6.07) is 19.1. The summed E-state index contributed by atoms with van der Waals surface area (Å²) in [5.74, 6) is 0.570. The Morgan fingerprint density at radius 3 is 2.33 bits per heavy atom. The van der Waals surface area contributed by atoms with E-state index in [1.165, 1.54) is 0 Å². The fourth-order valence-corrected chi connectivity index (χ4v) is 2.44. The molecule has 2 aromatic rings. The molecule has 0 spiro atoms. The first-order chi connectivity index (χ1) is 10.3. The molecule has 21 heavy (non-hydrogen) atoms. The Morgan fingerprint density at radius 1 is 0.952 bits per heavy atom. The molecule has 1 amide bonds. The maximum absolute atomic E-state index is 12.4. The number of amides is 1. The summed E-state index contributed by atoms with van der Waals surface area (Å²) in [5, 5.41) is 0. The van der Waals surface area contributed by atoms with Gasteiger partial charge in [0.05, 0.1) is 5.70 Å². The van der Waals surface area contributed by atoms with Crippen molar-refractivity contribution >= 4 is 11.8 Å². The molecule has 0 atom stereocenters. The molecule has 0 saturated heterocycles. The van der Waals surface area contributed by atoms with E-state index in [9.17, 15) is 4.79 Å². The molecule has 0 fully saturated rings. The van der Waals surface area contributed by atoms with Crippen LogP contribution in [0.1, 0.15) is 18.4 Å². The van der Waals surface area contributed by atoms with Gasteiger partial charge in [0.15, 0.2) is 0 Å². The molecule has 0 saturated carbocycles. The number of hydrogen-bond donors (Lipinski definition) is 0. The summed E-state index contributed by atoms with van der Waals surface area (Å²) in [7, 11) is 0. The van der Waals surface area contributed by atoms with Crippen LogP contribution in [0.15, 0.2) is 66.7 Å². The summed E-state index contributed by atoms with van der Waals surface area (Å²) in [5.41, 5.74) is 1.98. The quantitative estimate of drug-likeness (QED) is 0.819. The molecule has 1 aliphatic heterocycles. The highest BCUT2D eigenvalue weighted by Gasteiger charge is 2.23. The van der Waals surface area contributed by atoms with E-state index in [0.717, 1.165) is 24.1 Å². The van der Waals surface area contributed by atoms with Gasteiger partial charge in [0.2, 0.25) is 0 Å². The fraction of sp³-hybridized carbons (Fsp3) is 0.167. The second-order valence-electron chi connectivity index (χ2n) is 4.93. The van der Waals surface area contributed by atoms with Gasteiger partial charge in [-0.3, -0.25) is 4.90 Å². The Hall–Kier alpha value is -2.55. The number of nitrogens with zero attached hydrogens (tertiary/aromatic N) is 1. The van der Waals surface area contributed by atoms with Crippen LogP contribution in [-0.2, 0) is 0 Å². The molecule has 3 heteroatoms. The molecular formula is C18H17NO2. The Bertz CT molecular complexity index is 635. The Morgan fingerprint density at radius 2 is 1.62 bits per heavy atom. The van der Waals surface area contributed by atoms with Gasteiger partial charge in [-0.2, -0.15) is 0 Å². The fourth-order valence-electron chi connectivity index (χ4n) is 2.44. The van der Waals surface area contributed by atoms with E-state index in [4.69, 9.17) is 4.74 Å². The van der Waals surface area contributed by atoms with Gasteiger partial charge in [0.1, 0.15) is 5.75 Å². The number of benzene rings is 2. The molecule has 3 rings (SSSR count). The van der Waals surface area contributed by atoms with Crippen LogP contribution in [0.4, 0.5) is 4.79 Å². The van der Waals surface area contributed by atoms with E-state index in [-0.39, 0.29) is 6.09 Å². The first-order valence-corrected chi connectivity index (χ1v) is 7.14. The lowest BCUT2D eigenvalue weighted by Crippen LogP contribution is -2.34. The molecule has 3 nitrogen and oxygen atoms in total. The monoisotopic (exact) mass is 279 g/mol. The second-order valence-corrected chi connectivity index (χ2v) is 4.93.